The van der Waals surface area contributed by atoms with E-state index in [1.54, 1.807) is 12.3 Å². The Morgan fingerprint density at radius 1 is 1.47 bits per heavy atom. The second-order valence-corrected chi connectivity index (χ2v) is 5.50. The number of aromatic nitrogens is 1. The number of primary amides is 1. The maximum atomic E-state index is 11.4. The van der Waals surface area contributed by atoms with Gasteiger partial charge in [0.15, 0.2) is 0 Å². The lowest BCUT2D eigenvalue weighted by atomic mass is 9.88. The summed E-state index contributed by atoms with van der Waals surface area (Å²) in [6.45, 7) is 6.01. The van der Waals surface area contributed by atoms with Gasteiger partial charge in [0.05, 0.1) is 23.6 Å². The van der Waals surface area contributed by atoms with Gasteiger partial charge >= 0.3 is 0 Å². The molecule has 0 radical (unpaired) electrons. The van der Waals surface area contributed by atoms with E-state index in [9.17, 15) is 4.79 Å². The summed E-state index contributed by atoms with van der Waals surface area (Å²) < 4.78 is 5.61. The van der Waals surface area contributed by atoms with Crippen LogP contribution in [0.5, 0.6) is 5.75 Å². The van der Waals surface area contributed by atoms with E-state index in [-0.39, 0.29) is 11.5 Å². The number of carbonyl (C=O) groups excluding carboxylic acids is 1. The summed E-state index contributed by atoms with van der Waals surface area (Å²) in [6, 6.07) is 1.70. The average Bonchev–Trinajstić information content (AvgIpc) is 2.99. The Balaban J connectivity index is 2.36. The Morgan fingerprint density at radius 3 is 2.59 bits per heavy atom. The molecule has 1 aliphatic carbocycles. The lowest BCUT2D eigenvalue weighted by molar-refractivity contribution is 0.0997. The van der Waals surface area contributed by atoms with Gasteiger partial charge in [0, 0.05) is 5.41 Å². The standard InChI is InChI=1S/C13H18N2O2/c1-13(2,3)11-10(12(14)16)6-9(7-15-11)17-8-4-5-8/h6-8H,4-5H2,1-3H3,(H2,14,16). The van der Waals surface area contributed by atoms with Crippen molar-refractivity contribution in [1.82, 2.24) is 4.98 Å². The molecule has 0 bridgehead atoms. The second kappa shape index (κ2) is 4.02. The van der Waals surface area contributed by atoms with E-state index in [0.717, 1.165) is 12.8 Å². The third-order valence-corrected chi connectivity index (χ3v) is 2.67. The SMILES string of the molecule is CC(C)(C)c1ncc(OC2CC2)cc1C(N)=O. The van der Waals surface area contributed by atoms with Gasteiger partial charge in [-0.15, -0.1) is 0 Å². The van der Waals surface area contributed by atoms with Crippen molar-refractivity contribution in [2.24, 2.45) is 5.73 Å². The Kier molecular flexibility index (Phi) is 2.81. The molecule has 1 fully saturated rings. The van der Waals surface area contributed by atoms with Crippen LogP contribution in [0.15, 0.2) is 12.3 Å². The van der Waals surface area contributed by atoms with Crippen molar-refractivity contribution in [3.63, 3.8) is 0 Å². The first kappa shape index (κ1) is 11.9. The molecule has 0 unspecified atom stereocenters. The summed E-state index contributed by atoms with van der Waals surface area (Å²) in [4.78, 5) is 15.8. The number of nitrogens with two attached hydrogens (primary N) is 1. The predicted octanol–water partition coefficient (Wildman–Crippen LogP) is 2.02. The van der Waals surface area contributed by atoms with Crippen LogP contribution < -0.4 is 10.5 Å². The predicted molar refractivity (Wildman–Crippen MR) is 65.1 cm³/mol. The number of hydrogen-bond donors (Lipinski definition) is 1. The number of carbonyl (C=O) groups is 1. The molecule has 1 aromatic rings. The minimum absolute atomic E-state index is 0.206. The molecule has 0 spiro atoms. The van der Waals surface area contributed by atoms with Gasteiger partial charge in [-0.05, 0) is 18.9 Å². The van der Waals surface area contributed by atoms with Crippen LogP contribution >= 0.6 is 0 Å². The fourth-order valence-electron chi connectivity index (χ4n) is 1.67. The summed E-state index contributed by atoms with van der Waals surface area (Å²) in [6.07, 6.45) is 4.11. The summed E-state index contributed by atoms with van der Waals surface area (Å²) in [5.41, 5.74) is 6.36. The number of nitrogens with zero attached hydrogens (tertiary/aromatic N) is 1. The summed E-state index contributed by atoms with van der Waals surface area (Å²) in [7, 11) is 0. The molecule has 92 valence electrons. The first-order valence-electron chi connectivity index (χ1n) is 5.85. The third kappa shape index (κ3) is 2.75. The maximum absolute atomic E-state index is 11.4. The maximum Gasteiger partial charge on any atom is 0.250 e. The summed E-state index contributed by atoms with van der Waals surface area (Å²) in [5, 5.41) is 0. The van der Waals surface area contributed by atoms with Crippen LogP contribution in [0.4, 0.5) is 0 Å². The van der Waals surface area contributed by atoms with E-state index in [0.29, 0.717) is 17.0 Å². The average molecular weight is 234 g/mol. The molecule has 1 heterocycles. The Labute approximate surface area is 101 Å². The lowest BCUT2D eigenvalue weighted by Crippen LogP contribution is -2.23. The highest BCUT2D eigenvalue weighted by molar-refractivity contribution is 5.94. The highest BCUT2D eigenvalue weighted by Crippen LogP contribution is 2.30. The lowest BCUT2D eigenvalue weighted by Gasteiger charge is -2.20. The van der Waals surface area contributed by atoms with Gasteiger partial charge in [-0.3, -0.25) is 9.78 Å². The molecule has 1 aromatic heterocycles. The second-order valence-electron chi connectivity index (χ2n) is 5.50. The number of hydrogen-bond acceptors (Lipinski definition) is 3. The van der Waals surface area contributed by atoms with Crippen molar-refractivity contribution in [3.8, 4) is 5.75 Å². The summed E-state index contributed by atoms with van der Waals surface area (Å²) in [5.74, 6) is 0.179. The van der Waals surface area contributed by atoms with Gasteiger partial charge in [-0.1, -0.05) is 20.8 Å². The molecule has 4 heteroatoms. The Hall–Kier alpha value is -1.58. The van der Waals surface area contributed by atoms with Crippen molar-refractivity contribution in [2.45, 2.75) is 45.1 Å². The monoisotopic (exact) mass is 234 g/mol. The van der Waals surface area contributed by atoms with Crippen LogP contribution in [0.25, 0.3) is 0 Å². The Morgan fingerprint density at radius 2 is 2.12 bits per heavy atom. The molecule has 0 saturated heterocycles. The normalized spacial score (nSPS) is 15.7. The molecule has 1 aliphatic rings. The first-order valence-corrected chi connectivity index (χ1v) is 5.85. The topological polar surface area (TPSA) is 65.2 Å². The first-order chi connectivity index (χ1) is 7.88. The van der Waals surface area contributed by atoms with Gasteiger partial charge in [0.1, 0.15) is 5.75 Å². The molecule has 1 amide bonds. The zero-order chi connectivity index (χ0) is 12.6. The molecule has 0 aromatic carbocycles. The molecule has 1 saturated carbocycles. The van der Waals surface area contributed by atoms with E-state index in [2.05, 4.69) is 4.98 Å². The van der Waals surface area contributed by atoms with Crippen molar-refractivity contribution >= 4 is 5.91 Å². The van der Waals surface area contributed by atoms with E-state index < -0.39 is 5.91 Å². The fourth-order valence-corrected chi connectivity index (χ4v) is 1.67. The molecular weight excluding hydrogens is 216 g/mol. The molecule has 0 atom stereocenters. The molecule has 2 rings (SSSR count). The molecule has 0 aliphatic heterocycles. The highest BCUT2D eigenvalue weighted by atomic mass is 16.5. The summed E-state index contributed by atoms with van der Waals surface area (Å²) >= 11 is 0. The number of ether oxygens (including phenoxy) is 1. The van der Waals surface area contributed by atoms with Gasteiger partial charge in [0.2, 0.25) is 0 Å². The van der Waals surface area contributed by atoms with Crippen molar-refractivity contribution in [1.29, 1.82) is 0 Å². The number of amides is 1. The van der Waals surface area contributed by atoms with Crippen molar-refractivity contribution in [3.05, 3.63) is 23.5 Å². The van der Waals surface area contributed by atoms with E-state index >= 15 is 0 Å². The fraction of sp³-hybridized carbons (Fsp3) is 0.538. The number of rotatable bonds is 3. The third-order valence-electron chi connectivity index (χ3n) is 2.67. The van der Waals surface area contributed by atoms with E-state index in [1.807, 2.05) is 20.8 Å². The number of pyridine rings is 1. The van der Waals surface area contributed by atoms with Gasteiger partial charge in [-0.2, -0.15) is 0 Å². The molecule has 17 heavy (non-hydrogen) atoms. The molecular formula is C13H18N2O2. The van der Waals surface area contributed by atoms with Crippen LogP contribution in [-0.2, 0) is 5.41 Å². The zero-order valence-electron chi connectivity index (χ0n) is 10.5. The zero-order valence-corrected chi connectivity index (χ0v) is 10.5. The van der Waals surface area contributed by atoms with Crippen molar-refractivity contribution < 1.29 is 9.53 Å². The molecule has 2 N–H and O–H groups in total. The molecule has 4 nitrogen and oxygen atoms in total. The quantitative estimate of drug-likeness (QED) is 0.870. The minimum Gasteiger partial charge on any atom is -0.489 e. The van der Waals surface area contributed by atoms with Crippen molar-refractivity contribution in [2.75, 3.05) is 0 Å². The van der Waals surface area contributed by atoms with Crippen LogP contribution in [0.1, 0.15) is 49.7 Å². The van der Waals surface area contributed by atoms with Crippen LogP contribution in [0.2, 0.25) is 0 Å². The van der Waals surface area contributed by atoms with Crippen LogP contribution in [0.3, 0.4) is 0 Å². The van der Waals surface area contributed by atoms with E-state index in [1.165, 1.54) is 0 Å². The van der Waals surface area contributed by atoms with Gasteiger partial charge in [-0.25, -0.2) is 0 Å². The van der Waals surface area contributed by atoms with Gasteiger partial charge < -0.3 is 10.5 Å². The van der Waals surface area contributed by atoms with E-state index in [4.69, 9.17) is 10.5 Å². The smallest absolute Gasteiger partial charge is 0.250 e. The Bertz CT molecular complexity index is 445. The minimum atomic E-state index is -0.455. The van der Waals surface area contributed by atoms with Crippen LogP contribution in [-0.4, -0.2) is 17.0 Å². The highest BCUT2D eigenvalue weighted by Gasteiger charge is 2.26. The van der Waals surface area contributed by atoms with Crippen LogP contribution in [0, 0.1) is 0 Å². The largest absolute Gasteiger partial charge is 0.489 e. The van der Waals surface area contributed by atoms with Gasteiger partial charge in [0.25, 0.3) is 5.91 Å².